The topological polar surface area (TPSA) is 76.7 Å². The maximum absolute atomic E-state index is 12.8. The van der Waals surface area contributed by atoms with Crippen molar-refractivity contribution in [3.8, 4) is 11.5 Å². The van der Waals surface area contributed by atoms with Crippen molar-refractivity contribution < 1.29 is 23.5 Å². The van der Waals surface area contributed by atoms with E-state index in [1.165, 1.54) is 31.2 Å². The molecule has 6 nitrogen and oxygen atoms in total. The third kappa shape index (κ3) is 6.43. The number of carbonyl (C=O) groups is 2. The first-order valence-corrected chi connectivity index (χ1v) is 8.14. The molecule has 0 bridgehead atoms. The molecule has 1 atom stereocenters. The van der Waals surface area contributed by atoms with E-state index in [2.05, 4.69) is 10.9 Å². The van der Waals surface area contributed by atoms with E-state index in [4.69, 9.17) is 9.47 Å². The van der Waals surface area contributed by atoms with E-state index < -0.39 is 17.8 Å². The maximum Gasteiger partial charge on any atom is 0.279 e. The molecule has 26 heavy (non-hydrogen) atoms. The van der Waals surface area contributed by atoms with Crippen LogP contribution in [0.3, 0.4) is 0 Å². The van der Waals surface area contributed by atoms with Gasteiger partial charge in [-0.1, -0.05) is 17.7 Å². The molecule has 2 rings (SSSR count). The number of hydrogen-bond acceptors (Lipinski definition) is 4. The fraction of sp³-hybridized carbons (Fsp3) is 0.263. The van der Waals surface area contributed by atoms with Gasteiger partial charge in [-0.25, -0.2) is 4.39 Å². The quantitative estimate of drug-likeness (QED) is 0.744. The van der Waals surface area contributed by atoms with E-state index >= 15 is 0 Å². The normalized spacial score (nSPS) is 11.3. The summed E-state index contributed by atoms with van der Waals surface area (Å²) in [4.78, 5) is 23.6. The number of amides is 2. The largest absolute Gasteiger partial charge is 0.493 e. The highest BCUT2D eigenvalue weighted by atomic mass is 19.1. The molecule has 1 unspecified atom stereocenters. The molecule has 2 aromatic rings. The average molecular weight is 360 g/mol. The van der Waals surface area contributed by atoms with Crippen molar-refractivity contribution >= 4 is 11.8 Å². The molecule has 0 aliphatic rings. The van der Waals surface area contributed by atoms with Crippen LogP contribution in [-0.2, 0) is 9.59 Å². The molecule has 0 heterocycles. The second-order valence-electron chi connectivity index (χ2n) is 5.66. The molecule has 0 aromatic heterocycles. The summed E-state index contributed by atoms with van der Waals surface area (Å²) in [6.07, 6.45) is -0.772. The third-order valence-electron chi connectivity index (χ3n) is 3.44. The molecule has 0 saturated heterocycles. The number of rotatable bonds is 7. The highest BCUT2D eigenvalue weighted by Crippen LogP contribution is 2.13. The number of benzene rings is 2. The Balaban J connectivity index is 1.66. The minimum absolute atomic E-state index is 0.0847. The molecule has 0 saturated carbocycles. The van der Waals surface area contributed by atoms with Gasteiger partial charge in [0.05, 0.1) is 13.0 Å². The molecule has 2 aromatic carbocycles. The summed E-state index contributed by atoms with van der Waals surface area (Å²) in [5.41, 5.74) is 5.69. The van der Waals surface area contributed by atoms with Gasteiger partial charge in [-0.15, -0.1) is 0 Å². The van der Waals surface area contributed by atoms with Crippen LogP contribution < -0.4 is 20.3 Å². The van der Waals surface area contributed by atoms with Gasteiger partial charge in [0.2, 0.25) is 5.91 Å². The van der Waals surface area contributed by atoms with Crippen LogP contribution in [0.1, 0.15) is 18.9 Å². The van der Waals surface area contributed by atoms with Crippen LogP contribution in [0, 0.1) is 12.7 Å². The number of aryl methyl sites for hydroxylation is 1. The number of hydrogen-bond donors (Lipinski definition) is 2. The molecular formula is C19H21FN2O4. The number of hydrazine groups is 1. The smallest absolute Gasteiger partial charge is 0.279 e. The van der Waals surface area contributed by atoms with E-state index in [0.717, 1.165) is 5.56 Å². The second-order valence-corrected chi connectivity index (χ2v) is 5.66. The summed E-state index contributed by atoms with van der Waals surface area (Å²) in [6, 6.07) is 12.8. The van der Waals surface area contributed by atoms with E-state index in [1.54, 1.807) is 0 Å². The van der Waals surface area contributed by atoms with E-state index in [1.807, 2.05) is 31.2 Å². The minimum Gasteiger partial charge on any atom is -0.493 e. The molecule has 0 aliphatic heterocycles. The maximum atomic E-state index is 12.8. The Hall–Kier alpha value is -3.09. The zero-order valence-electron chi connectivity index (χ0n) is 14.6. The SMILES string of the molecule is Cc1ccc(OCCC(=O)NNC(=O)C(C)Oc2ccc(F)cc2)cc1. The fourth-order valence-corrected chi connectivity index (χ4v) is 1.96. The Kier molecular flexibility index (Phi) is 6.96. The van der Waals surface area contributed by atoms with Gasteiger partial charge >= 0.3 is 0 Å². The predicted octanol–water partition coefficient (Wildman–Crippen LogP) is 2.52. The zero-order valence-corrected chi connectivity index (χ0v) is 14.6. The summed E-state index contributed by atoms with van der Waals surface area (Å²) in [7, 11) is 0. The Morgan fingerprint density at radius 1 is 1.00 bits per heavy atom. The molecule has 0 spiro atoms. The summed E-state index contributed by atoms with van der Waals surface area (Å²) < 4.78 is 23.6. The van der Waals surface area contributed by atoms with Crippen molar-refractivity contribution in [1.82, 2.24) is 10.9 Å². The van der Waals surface area contributed by atoms with Crippen LogP contribution in [-0.4, -0.2) is 24.5 Å². The molecule has 2 N–H and O–H groups in total. The van der Waals surface area contributed by atoms with Gasteiger partial charge in [-0.3, -0.25) is 20.4 Å². The number of halogens is 1. The first-order chi connectivity index (χ1) is 12.4. The minimum atomic E-state index is -0.857. The fourth-order valence-electron chi connectivity index (χ4n) is 1.96. The number of carbonyl (C=O) groups excluding carboxylic acids is 2. The molecule has 0 radical (unpaired) electrons. The summed E-state index contributed by atoms with van der Waals surface area (Å²) in [5, 5.41) is 0. The van der Waals surface area contributed by atoms with E-state index in [0.29, 0.717) is 11.5 Å². The lowest BCUT2D eigenvalue weighted by Gasteiger charge is -2.15. The van der Waals surface area contributed by atoms with Crippen molar-refractivity contribution in [3.63, 3.8) is 0 Å². The first-order valence-electron chi connectivity index (χ1n) is 8.14. The molecule has 0 aliphatic carbocycles. The van der Waals surface area contributed by atoms with Crippen molar-refractivity contribution in [2.24, 2.45) is 0 Å². The summed E-state index contributed by atoms with van der Waals surface area (Å²) in [5.74, 6) is -0.281. The Morgan fingerprint density at radius 3 is 2.27 bits per heavy atom. The zero-order chi connectivity index (χ0) is 18.9. The molecule has 7 heteroatoms. The van der Waals surface area contributed by atoms with Crippen molar-refractivity contribution in [1.29, 1.82) is 0 Å². The second kappa shape index (κ2) is 9.41. The van der Waals surface area contributed by atoms with Gasteiger partial charge < -0.3 is 9.47 Å². The van der Waals surface area contributed by atoms with Gasteiger partial charge in [0.15, 0.2) is 6.10 Å². The van der Waals surface area contributed by atoms with Crippen molar-refractivity contribution in [2.75, 3.05) is 6.61 Å². The van der Waals surface area contributed by atoms with E-state index in [-0.39, 0.29) is 18.9 Å². The van der Waals surface area contributed by atoms with Crippen LogP contribution >= 0.6 is 0 Å². The average Bonchev–Trinajstić information content (AvgIpc) is 2.63. The predicted molar refractivity (Wildman–Crippen MR) is 94.1 cm³/mol. The summed E-state index contributed by atoms with van der Waals surface area (Å²) in [6.45, 7) is 3.68. The van der Waals surface area contributed by atoms with Crippen LogP contribution in [0.2, 0.25) is 0 Å². The van der Waals surface area contributed by atoms with E-state index in [9.17, 15) is 14.0 Å². The first kappa shape index (κ1) is 19.2. The monoisotopic (exact) mass is 360 g/mol. The Labute approximate surface area is 151 Å². The van der Waals surface area contributed by atoms with Gasteiger partial charge in [0.1, 0.15) is 17.3 Å². The molecular weight excluding hydrogens is 339 g/mol. The van der Waals surface area contributed by atoms with Gasteiger partial charge in [0.25, 0.3) is 5.91 Å². The highest BCUT2D eigenvalue weighted by Gasteiger charge is 2.15. The van der Waals surface area contributed by atoms with Gasteiger partial charge in [-0.05, 0) is 50.2 Å². The van der Waals surface area contributed by atoms with Crippen molar-refractivity contribution in [2.45, 2.75) is 26.4 Å². The Morgan fingerprint density at radius 2 is 1.62 bits per heavy atom. The van der Waals surface area contributed by atoms with Gasteiger partial charge in [-0.2, -0.15) is 0 Å². The van der Waals surface area contributed by atoms with Crippen LogP contribution in [0.25, 0.3) is 0 Å². The highest BCUT2D eigenvalue weighted by molar-refractivity contribution is 5.84. The lowest BCUT2D eigenvalue weighted by atomic mass is 10.2. The Bertz CT molecular complexity index is 732. The van der Waals surface area contributed by atoms with Crippen LogP contribution in [0.4, 0.5) is 4.39 Å². The van der Waals surface area contributed by atoms with Gasteiger partial charge in [0, 0.05) is 0 Å². The molecule has 0 fully saturated rings. The molecule has 138 valence electrons. The number of ether oxygens (including phenoxy) is 2. The lowest BCUT2D eigenvalue weighted by Crippen LogP contribution is -2.47. The number of nitrogens with one attached hydrogen (secondary N) is 2. The third-order valence-corrected chi connectivity index (χ3v) is 3.44. The van der Waals surface area contributed by atoms with Crippen LogP contribution in [0.5, 0.6) is 11.5 Å². The molecule has 2 amide bonds. The lowest BCUT2D eigenvalue weighted by molar-refractivity contribution is -0.132. The van der Waals surface area contributed by atoms with Crippen molar-refractivity contribution in [3.05, 3.63) is 59.9 Å². The van der Waals surface area contributed by atoms with Crippen LogP contribution in [0.15, 0.2) is 48.5 Å². The standard InChI is InChI=1S/C19H21FN2O4/c1-13-3-7-16(8-4-13)25-12-11-18(23)21-22-19(24)14(2)26-17-9-5-15(20)6-10-17/h3-10,14H,11-12H2,1-2H3,(H,21,23)(H,22,24). The summed E-state index contributed by atoms with van der Waals surface area (Å²) >= 11 is 0.